The molecule has 0 bridgehead atoms. The lowest BCUT2D eigenvalue weighted by atomic mass is 9.69. The van der Waals surface area contributed by atoms with Crippen molar-refractivity contribution in [3.8, 4) is 28.4 Å². The van der Waals surface area contributed by atoms with Gasteiger partial charge in [0.1, 0.15) is 17.2 Å². The number of hydrogen-bond acceptors (Lipinski definition) is 3. The number of hydrogen-bond donors (Lipinski definition) is 0. The van der Waals surface area contributed by atoms with Crippen molar-refractivity contribution in [2.45, 2.75) is 77.2 Å². The zero-order valence-electron chi connectivity index (χ0n) is 30.3. The lowest BCUT2D eigenvalue weighted by molar-refractivity contribution is 0.163. The van der Waals surface area contributed by atoms with E-state index < -0.39 is 24.4 Å². The highest BCUT2D eigenvalue weighted by Gasteiger charge is 2.48. The average Bonchev–Trinajstić information content (AvgIpc) is 3.44. The second-order valence-corrected chi connectivity index (χ2v) is 14.2. The van der Waals surface area contributed by atoms with Crippen molar-refractivity contribution in [2.75, 3.05) is 26.6 Å². The van der Waals surface area contributed by atoms with E-state index in [0.717, 1.165) is 85.4 Å². The Morgan fingerprint density at radius 3 is 1.80 bits per heavy atom. The summed E-state index contributed by atoms with van der Waals surface area (Å²) in [5.41, 5.74) is 8.31. The summed E-state index contributed by atoms with van der Waals surface area (Å²) in [5, 5.41) is 2.12. The van der Waals surface area contributed by atoms with E-state index in [2.05, 4.69) is 101 Å². The Labute approximate surface area is 301 Å². The molecule has 0 aromatic heterocycles. The molecule has 0 saturated carbocycles. The van der Waals surface area contributed by atoms with Gasteiger partial charge in [0.25, 0.3) is 0 Å². The van der Waals surface area contributed by atoms with Crippen LogP contribution in [0.2, 0.25) is 0 Å². The third kappa shape index (κ3) is 6.09. The van der Waals surface area contributed by atoms with Gasteiger partial charge in [-0.1, -0.05) is 85.6 Å². The zero-order chi connectivity index (χ0) is 35.6. The first-order valence-corrected chi connectivity index (χ1v) is 18.6. The highest BCUT2D eigenvalue weighted by Crippen LogP contribution is 2.61. The lowest BCUT2D eigenvalue weighted by Crippen LogP contribution is -2.35. The molecule has 1 heterocycles. The van der Waals surface area contributed by atoms with Crippen LogP contribution in [0.25, 0.3) is 28.0 Å². The van der Waals surface area contributed by atoms with Gasteiger partial charge in [-0.3, -0.25) is 8.78 Å². The van der Waals surface area contributed by atoms with Gasteiger partial charge >= 0.3 is 0 Å². The SMILES string of the molecule is CCCOc1ccc(C2(c3ccc(OCCC)cc3)C=Cc3c4c(c5ccc(C)cc5c3O2)-c2ccc(C)cc2C4(CCCF)CCCF)cc1. The van der Waals surface area contributed by atoms with Crippen molar-refractivity contribution in [2.24, 2.45) is 0 Å². The van der Waals surface area contributed by atoms with E-state index in [4.69, 9.17) is 14.2 Å². The number of benzene rings is 5. The van der Waals surface area contributed by atoms with Gasteiger partial charge in [0, 0.05) is 27.5 Å². The standard InChI is InChI=1S/C46H48F2O3/c1-5-27-49-35-15-11-33(12-16-35)46(34-13-17-36(18-14-34)50-28-6-2)24-21-39-43-42(37-19-9-31(3)29-40(37)44(39)51-46)38-20-10-32(4)30-41(38)45(43,22-7-25-47)23-8-26-48/h9-21,24,29-30H,5-8,22-23,25-28H2,1-4H3. The highest BCUT2D eigenvalue weighted by molar-refractivity contribution is 6.08. The van der Waals surface area contributed by atoms with Crippen LogP contribution in [0.15, 0.2) is 91.0 Å². The zero-order valence-corrected chi connectivity index (χ0v) is 30.3. The molecule has 1 aliphatic heterocycles. The van der Waals surface area contributed by atoms with Gasteiger partial charge in [-0.15, -0.1) is 0 Å². The van der Waals surface area contributed by atoms with Crippen LogP contribution in [-0.4, -0.2) is 26.6 Å². The maximum atomic E-state index is 14.1. The number of alkyl halides is 2. The number of ether oxygens (including phenoxy) is 3. The fourth-order valence-electron chi connectivity index (χ4n) is 8.34. The predicted molar refractivity (Wildman–Crippen MR) is 205 cm³/mol. The molecule has 0 spiro atoms. The van der Waals surface area contributed by atoms with Gasteiger partial charge in [-0.05, 0) is 116 Å². The Kier molecular flexibility index (Phi) is 9.92. The van der Waals surface area contributed by atoms with Crippen LogP contribution < -0.4 is 14.2 Å². The highest BCUT2D eigenvalue weighted by atomic mass is 19.1. The molecular formula is C46H48F2O3. The van der Waals surface area contributed by atoms with E-state index in [-0.39, 0.29) is 0 Å². The number of aryl methyl sites for hydroxylation is 2. The molecule has 0 fully saturated rings. The smallest absolute Gasteiger partial charge is 0.178 e. The number of rotatable bonds is 14. The van der Waals surface area contributed by atoms with Crippen LogP contribution in [0.1, 0.15) is 91.3 Å². The number of fused-ring (bicyclic) bond motifs is 8. The molecule has 0 N–H and O–H groups in total. The Bertz CT molecular complexity index is 1990. The second-order valence-electron chi connectivity index (χ2n) is 14.2. The van der Waals surface area contributed by atoms with E-state index in [1.807, 2.05) is 24.3 Å². The maximum Gasteiger partial charge on any atom is 0.178 e. The summed E-state index contributed by atoms with van der Waals surface area (Å²) in [6.07, 6.45) is 8.23. The largest absolute Gasteiger partial charge is 0.494 e. The van der Waals surface area contributed by atoms with Gasteiger partial charge in [-0.2, -0.15) is 0 Å². The van der Waals surface area contributed by atoms with Crippen molar-refractivity contribution in [3.63, 3.8) is 0 Å². The molecule has 3 nitrogen and oxygen atoms in total. The minimum absolute atomic E-state index is 0.396. The molecule has 2 aliphatic rings. The molecule has 51 heavy (non-hydrogen) atoms. The first-order valence-electron chi connectivity index (χ1n) is 18.6. The van der Waals surface area contributed by atoms with E-state index in [1.54, 1.807) is 0 Å². The van der Waals surface area contributed by atoms with E-state index >= 15 is 0 Å². The molecule has 0 atom stereocenters. The molecule has 264 valence electrons. The Hall–Kier alpha value is -4.64. The number of halogens is 2. The van der Waals surface area contributed by atoms with E-state index in [9.17, 15) is 8.78 Å². The van der Waals surface area contributed by atoms with Crippen LogP contribution in [0.3, 0.4) is 0 Å². The molecule has 0 unspecified atom stereocenters. The van der Waals surface area contributed by atoms with E-state index in [1.165, 1.54) is 5.56 Å². The normalized spacial score (nSPS) is 14.9. The first kappa shape index (κ1) is 34.8. The summed E-state index contributed by atoms with van der Waals surface area (Å²) in [6.45, 7) is 8.87. The van der Waals surface area contributed by atoms with Crippen LogP contribution >= 0.6 is 0 Å². The average molecular weight is 687 g/mol. The molecule has 0 radical (unpaired) electrons. The summed E-state index contributed by atoms with van der Waals surface area (Å²) in [7, 11) is 0. The summed E-state index contributed by atoms with van der Waals surface area (Å²) in [4.78, 5) is 0. The minimum atomic E-state index is -0.965. The van der Waals surface area contributed by atoms with Crippen molar-refractivity contribution in [1.82, 2.24) is 0 Å². The Morgan fingerprint density at radius 2 is 1.24 bits per heavy atom. The van der Waals surface area contributed by atoms with Gasteiger partial charge in [-0.25, -0.2) is 0 Å². The Morgan fingerprint density at radius 1 is 0.667 bits per heavy atom. The second kappa shape index (κ2) is 14.5. The maximum absolute atomic E-state index is 14.1. The monoisotopic (exact) mass is 686 g/mol. The van der Waals surface area contributed by atoms with Gasteiger partial charge in [0.2, 0.25) is 0 Å². The minimum Gasteiger partial charge on any atom is -0.494 e. The van der Waals surface area contributed by atoms with Crippen LogP contribution in [0.5, 0.6) is 17.2 Å². The molecule has 0 amide bonds. The summed E-state index contributed by atoms with van der Waals surface area (Å²) in [5.74, 6) is 2.43. The molecule has 1 aliphatic carbocycles. The molecule has 5 aromatic rings. The van der Waals surface area contributed by atoms with Crippen LogP contribution in [0.4, 0.5) is 8.78 Å². The molecule has 0 saturated heterocycles. The summed E-state index contributed by atoms with van der Waals surface area (Å²) in [6, 6.07) is 29.6. The summed E-state index contributed by atoms with van der Waals surface area (Å²) < 4.78 is 47.8. The lowest BCUT2D eigenvalue weighted by Gasteiger charge is -2.40. The third-order valence-electron chi connectivity index (χ3n) is 10.6. The molecule has 7 rings (SSSR count). The van der Waals surface area contributed by atoms with Gasteiger partial charge in [0.05, 0.1) is 26.6 Å². The van der Waals surface area contributed by atoms with E-state index in [0.29, 0.717) is 38.9 Å². The summed E-state index contributed by atoms with van der Waals surface area (Å²) >= 11 is 0. The van der Waals surface area contributed by atoms with Gasteiger partial charge < -0.3 is 14.2 Å². The van der Waals surface area contributed by atoms with Crippen molar-refractivity contribution >= 4 is 16.8 Å². The molecule has 5 aromatic carbocycles. The first-order chi connectivity index (χ1) is 24.9. The fraction of sp³-hybridized carbons (Fsp3) is 0.348. The molecule has 5 heteroatoms. The van der Waals surface area contributed by atoms with Gasteiger partial charge in [0.15, 0.2) is 5.60 Å². The molecular weight excluding hydrogens is 638 g/mol. The quantitative estimate of drug-likeness (QED) is 0.116. The van der Waals surface area contributed by atoms with Crippen LogP contribution in [0, 0.1) is 13.8 Å². The van der Waals surface area contributed by atoms with Crippen molar-refractivity contribution in [3.05, 3.63) is 130 Å². The predicted octanol–water partition coefficient (Wildman–Crippen LogP) is 12.1. The third-order valence-corrected chi connectivity index (χ3v) is 10.6. The van der Waals surface area contributed by atoms with Crippen molar-refractivity contribution < 1.29 is 23.0 Å². The fourth-order valence-corrected chi connectivity index (χ4v) is 8.34. The topological polar surface area (TPSA) is 27.7 Å². The van der Waals surface area contributed by atoms with Crippen LogP contribution in [-0.2, 0) is 11.0 Å². The van der Waals surface area contributed by atoms with Crippen molar-refractivity contribution in [1.29, 1.82) is 0 Å². The Balaban J connectivity index is 1.50.